The molecule has 2 unspecified atom stereocenters. The minimum Gasteiger partial charge on any atom is -0.281 e. The lowest BCUT2D eigenvalue weighted by Crippen LogP contribution is -2.67. The van der Waals surface area contributed by atoms with E-state index in [-0.39, 0.29) is 0 Å². The molecule has 0 heterocycles. The Morgan fingerprint density at radius 1 is 0.821 bits per heavy atom. The molecular formula is C12H15F11O4S. The molecule has 0 aromatic heterocycles. The van der Waals surface area contributed by atoms with Gasteiger partial charge >= 0.3 is 33.3 Å². The molecule has 0 radical (unpaired) electrons. The lowest BCUT2D eigenvalue weighted by atomic mass is 9.77. The molecule has 0 bridgehead atoms. The van der Waals surface area contributed by atoms with Crippen molar-refractivity contribution >= 4 is 10.1 Å². The number of alkyl halides is 11. The lowest BCUT2D eigenvalue weighted by Gasteiger charge is -2.42. The van der Waals surface area contributed by atoms with Crippen molar-refractivity contribution in [3.05, 3.63) is 0 Å². The first kappa shape index (κ1) is 27.1. The van der Waals surface area contributed by atoms with E-state index in [0.717, 1.165) is 20.8 Å². The third-order valence-electron chi connectivity index (χ3n) is 3.92. The summed E-state index contributed by atoms with van der Waals surface area (Å²) in [5.41, 5.74) is -1.71. The zero-order valence-electron chi connectivity index (χ0n) is 14.4. The second kappa shape index (κ2) is 7.11. The Hall–Kier alpha value is -0.900. The predicted molar refractivity (Wildman–Crippen MR) is 70.9 cm³/mol. The minimum absolute atomic E-state index is 0.464. The molecule has 0 aliphatic heterocycles. The molecule has 0 aliphatic carbocycles. The molecule has 0 spiro atoms. The second-order valence-electron chi connectivity index (χ2n) is 6.85. The van der Waals surface area contributed by atoms with Crippen LogP contribution in [0.2, 0.25) is 0 Å². The van der Waals surface area contributed by atoms with Gasteiger partial charge in [0.15, 0.2) is 0 Å². The fourth-order valence-corrected chi connectivity index (χ4v) is 2.15. The van der Waals surface area contributed by atoms with Gasteiger partial charge in [-0.3, -0.25) is 9.29 Å². The summed E-state index contributed by atoms with van der Waals surface area (Å²) >= 11 is 0. The summed E-state index contributed by atoms with van der Waals surface area (Å²) in [6, 6.07) is 0. The van der Waals surface area contributed by atoms with E-state index in [4.69, 9.17) is 4.55 Å². The van der Waals surface area contributed by atoms with E-state index < -0.39 is 56.9 Å². The molecule has 4 nitrogen and oxygen atoms in total. The number of ether oxygens (including phenoxy) is 1. The van der Waals surface area contributed by atoms with Crippen LogP contribution in [0.3, 0.4) is 0 Å². The van der Waals surface area contributed by atoms with Crippen molar-refractivity contribution in [2.75, 3.05) is 0 Å². The van der Waals surface area contributed by atoms with Gasteiger partial charge in [0, 0.05) is 5.92 Å². The molecule has 0 aromatic carbocycles. The summed E-state index contributed by atoms with van der Waals surface area (Å²) in [4.78, 5) is 0. The smallest absolute Gasteiger partial charge is 0.281 e. The zero-order valence-corrected chi connectivity index (χ0v) is 15.2. The van der Waals surface area contributed by atoms with Crippen LogP contribution in [-0.4, -0.2) is 48.5 Å². The van der Waals surface area contributed by atoms with Crippen molar-refractivity contribution < 1.29 is 66.0 Å². The lowest BCUT2D eigenvalue weighted by molar-refractivity contribution is -0.467. The number of rotatable bonds is 8. The highest BCUT2D eigenvalue weighted by atomic mass is 32.2. The molecule has 0 saturated heterocycles. The monoisotopic (exact) mass is 464 g/mol. The van der Waals surface area contributed by atoms with Gasteiger partial charge in [-0.2, -0.15) is 43.5 Å². The maximum Gasteiger partial charge on any atom is 0.438 e. The van der Waals surface area contributed by atoms with Crippen LogP contribution in [0.25, 0.3) is 0 Å². The summed E-state index contributed by atoms with van der Waals surface area (Å²) in [6.45, 7) is 3.32. The molecule has 0 amide bonds. The van der Waals surface area contributed by atoms with Crippen LogP contribution in [0.1, 0.15) is 27.7 Å². The Labute approximate surface area is 151 Å². The van der Waals surface area contributed by atoms with Gasteiger partial charge < -0.3 is 0 Å². The van der Waals surface area contributed by atoms with Crippen molar-refractivity contribution in [2.45, 2.75) is 63.2 Å². The van der Waals surface area contributed by atoms with Gasteiger partial charge in [-0.05, 0) is 5.41 Å². The molecule has 0 aromatic rings. The second-order valence-corrected chi connectivity index (χ2v) is 8.31. The van der Waals surface area contributed by atoms with Gasteiger partial charge in [0.1, 0.15) is 0 Å². The van der Waals surface area contributed by atoms with Crippen LogP contribution >= 0.6 is 0 Å². The molecule has 170 valence electrons. The van der Waals surface area contributed by atoms with Gasteiger partial charge in [-0.15, -0.1) is 0 Å². The van der Waals surface area contributed by atoms with Crippen molar-refractivity contribution in [3.63, 3.8) is 0 Å². The summed E-state index contributed by atoms with van der Waals surface area (Å²) in [5, 5.41) is -7.21. The van der Waals surface area contributed by atoms with Crippen molar-refractivity contribution in [2.24, 2.45) is 11.3 Å². The van der Waals surface area contributed by atoms with E-state index in [1.165, 1.54) is 0 Å². The molecule has 16 heteroatoms. The van der Waals surface area contributed by atoms with Crippen molar-refractivity contribution in [1.82, 2.24) is 0 Å². The van der Waals surface area contributed by atoms with Crippen LogP contribution in [0, 0.1) is 11.3 Å². The summed E-state index contributed by atoms with van der Waals surface area (Å²) < 4.78 is 178. The Balaban J connectivity index is 6.42. The fraction of sp³-hybridized carbons (Fsp3) is 1.00. The molecule has 1 N–H and O–H groups in total. The largest absolute Gasteiger partial charge is 0.438 e. The standard InChI is InChI=1S/C12H15F11O4S/c1-5(7(2,3)4)8(15,6(13)14)27-11(20,21)9(16,17)10(18,19)12(22,23)28(24,25)26/h5-6H,1-4H3,(H,24,25,26). The molecule has 0 rings (SSSR count). The number of hydrogen-bond acceptors (Lipinski definition) is 3. The van der Waals surface area contributed by atoms with Crippen molar-refractivity contribution in [3.8, 4) is 0 Å². The van der Waals surface area contributed by atoms with Crippen LogP contribution in [0.5, 0.6) is 0 Å². The van der Waals surface area contributed by atoms with Gasteiger partial charge in [-0.25, -0.2) is 13.2 Å². The molecule has 28 heavy (non-hydrogen) atoms. The van der Waals surface area contributed by atoms with E-state index in [1.54, 1.807) is 0 Å². The maximum atomic E-state index is 14.4. The summed E-state index contributed by atoms with van der Waals surface area (Å²) in [5.74, 6) is -22.6. The third-order valence-corrected chi connectivity index (χ3v) is 4.83. The average Bonchev–Trinajstić information content (AvgIpc) is 2.42. The van der Waals surface area contributed by atoms with Crippen LogP contribution in [-0.2, 0) is 14.9 Å². The van der Waals surface area contributed by atoms with Crippen LogP contribution < -0.4 is 0 Å². The fourth-order valence-electron chi connectivity index (χ4n) is 1.70. The molecule has 0 saturated carbocycles. The topological polar surface area (TPSA) is 63.6 Å². The van der Waals surface area contributed by atoms with Crippen LogP contribution in [0.4, 0.5) is 48.3 Å². The summed E-state index contributed by atoms with van der Waals surface area (Å²) in [6.07, 6.45) is -11.7. The summed E-state index contributed by atoms with van der Waals surface area (Å²) in [7, 11) is -7.40. The van der Waals surface area contributed by atoms with E-state index in [0.29, 0.717) is 6.92 Å². The first-order valence-electron chi connectivity index (χ1n) is 6.96. The highest BCUT2D eigenvalue weighted by Crippen LogP contribution is 2.56. The predicted octanol–water partition coefficient (Wildman–Crippen LogP) is 4.96. The SMILES string of the molecule is CC(C(C)(C)C)C(F)(OC(F)(F)C(F)(F)C(F)(F)C(F)(F)S(=O)(=O)O)C(F)F. The maximum absolute atomic E-state index is 14.4. The van der Waals surface area contributed by atoms with Gasteiger partial charge in [0.05, 0.1) is 0 Å². The first-order valence-corrected chi connectivity index (χ1v) is 8.40. The highest BCUT2D eigenvalue weighted by molar-refractivity contribution is 7.87. The molecule has 0 fully saturated rings. The molecule has 0 aliphatic rings. The Morgan fingerprint density at radius 3 is 1.43 bits per heavy atom. The van der Waals surface area contributed by atoms with Gasteiger partial charge in [0.2, 0.25) is 0 Å². The zero-order chi connectivity index (χ0) is 23.4. The highest BCUT2D eigenvalue weighted by Gasteiger charge is 2.86. The molecular weight excluding hydrogens is 449 g/mol. The van der Waals surface area contributed by atoms with E-state index >= 15 is 0 Å². The number of hydrogen-bond donors (Lipinski definition) is 1. The van der Waals surface area contributed by atoms with E-state index in [9.17, 15) is 56.7 Å². The quantitative estimate of drug-likeness (QED) is 0.408. The third kappa shape index (κ3) is 4.17. The first-order chi connectivity index (χ1) is 11.8. The Bertz CT molecular complexity index is 672. The molecule has 2 atom stereocenters. The minimum atomic E-state index is -7.61. The average molecular weight is 464 g/mol. The van der Waals surface area contributed by atoms with E-state index in [2.05, 4.69) is 4.74 Å². The Morgan fingerprint density at radius 2 is 1.18 bits per heavy atom. The van der Waals surface area contributed by atoms with Crippen molar-refractivity contribution in [1.29, 1.82) is 0 Å². The van der Waals surface area contributed by atoms with Gasteiger partial charge in [0.25, 0.3) is 12.3 Å². The normalized spacial score (nSPS) is 18.9. The van der Waals surface area contributed by atoms with Gasteiger partial charge in [-0.1, -0.05) is 27.7 Å². The van der Waals surface area contributed by atoms with E-state index in [1.807, 2.05) is 0 Å². The Kier molecular flexibility index (Phi) is 6.88. The van der Waals surface area contributed by atoms with Crippen LogP contribution in [0.15, 0.2) is 0 Å². The number of halogens is 11.